The molecule has 120 valence electrons. The Bertz CT molecular complexity index is 496. The molecular formula is C14H20ClF3N2O. The number of amides is 1. The summed E-state index contributed by atoms with van der Waals surface area (Å²) in [5.41, 5.74) is 4.78. The maximum atomic E-state index is 12.7. The van der Waals surface area contributed by atoms with Crippen LogP contribution >= 0.6 is 12.4 Å². The normalized spacial score (nSPS) is 11.8. The number of carbonyl (C=O) groups is 1. The van der Waals surface area contributed by atoms with Gasteiger partial charge >= 0.3 is 6.18 Å². The molecule has 1 amide bonds. The van der Waals surface area contributed by atoms with Gasteiger partial charge in [-0.15, -0.1) is 12.4 Å². The molecule has 1 rings (SSSR count). The van der Waals surface area contributed by atoms with Crippen LogP contribution in [0.2, 0.25) is 0 Å². The fourth-order valence-corrected chi connectivity index (χ4v) is 1.73. The van der Waals surface area contributed by atoms with Crippen molar-refractivity contribution in [3.63, 3.8) is 0 Å². The molecule has 0 spiro atoms. The van der Waals surface area contributed by atoms with Crippen molar-refractivity contribution in [3.8, 4) is 0 Å². The lowest BCUT2D eigenvalue weighted by molar-refractivity contribution is -0.137. The molecule has 1 aromatic carbocycles. The molecule has 0 saturated carbocycles. The topological polar surface area (TPSA) is 55.1 Å². The summed E-state index contributed by atoms with van der Waals surface area (Å²) in [7, 11) is 0. The molecule has 21 heavy (non-hydrogen) atoms. The molecule has 0 aliphatic rings. The quantitative estimate of drug-likeness (QED) is 0.884. The van der Waals surface area contributed by atoms with Crippen LogP contribution in [0, 0.1) is 5.41 Å². The molecule has 0 saturated heterocycles. The number of benzene rings is 1. The first-order valence-corrected chi connectivity index (χ1v) is 6.22. The van der Waals surface area contributed by atoms with E-state index in [0.717, 1.165) is 12.1 Å². The molecule has 7 heteroatoms. The molecule has 3 nitrogen and oxygen atoms in total. The van der Waals surface area contributed by atoms with Crippen LogP contribution in [0.4, 0.5) is 18.9 Å². The third kappa shape index (κ3) is 6.82. The Labute approximate surface area is 128 Å². The van der Waals surface area contributed by atoms with Gasteiger partial charge in [0.2, 0.25) is 5.91 Å². The SMILES string of the molecule is CC(C)(C)CC(=O)Nc1cc(CN)cc(C(F)(F)F)c1.Cl. The van der Waals surface area contributed by atoms with Gasteiger partial charge in [-0.25, -0.2) is 0 Å². The molecule has 0 aliphatic carbocycles. The highest BCUT2D eigenvalue weighted by Gasteiger charge is 2.31. The Morgan fingerprint density at radius 2 is 1.76 bits per heavy atom. The lowest BCUT2D eigenvalue weighted by atomic mass is 9.92. The molecule has 0 aliphatic heterocycles. The van der Waals surface area contributed by atoms with Gasteiger partial charge < -0.3 is 11.1 Å². The van der Waals surface area contributed by atoms with Crippen molar-refractivity contribution in [2.45, 2.75) is 39.9 Å². The second-order valence-electron chi connectivity index (χ2n) is 5.91. The Kier molecular flexibility index (Phi) is 6.70. The largest absolute Gasteiger partial charge is 0.416 e. The van der Waals surface area contributed by atoms with E-state index in [-0.39, 0.29) is 42.4 Å². The fraction of sp³-hybridized carbons (Fsp3) is 0.500. The number of alkyl halides is 3. The van der Waals surface area contributed by atoms with E-state index < -0.39 is 11.7 Å². The monoisotopic (exact) mass is 324 g/mol. The van der Waals surface area contributed by atoms with Crippen molar-refractivity contribution >= 4 is 24.0 Å². The molecule has 0 heterocycles. The molecule has 0 radical (unpaired) electrons. The van der Waals surface area contributed by atoms with Crippen molar-refractivity contribution in [1.29, 1.82) is 0 Å². The van der Waals surface area contributed by atoms with Gasteiger partial charge in [0, 0.05) is 18.7 Å². The number of nitrogens with two attached hydrogens (primary N) is 1. The third-order valence-electron chi connectivity index (χ3n) is 2.53. The molecule has 0 aromatic heterocycles. The minimum Gasteiger partial charge on any atom is -0.326 e. The summed E-state index contributed by atoms with van der Waals surface area (Å²) in [5, 5.41) is 2.49. The highest BCUT2D eigenvalue weighted by atomic mass is 35.5. The first-order valence-electron chi connectivity index (χ1n) is 6.22. The predicted molar refractivity (Wildman–Crippen MR) is 79.3 cm³/mol. The lowest BCUT2D eigenvalue weighted by Gasteiger charge is -2.18. The minimum absolute atomic E-state index is 0. The van der Waals surface area contributed by atoms with Crippen LogP contribution in [0.1, 0.15) is 38.3 Å². The lowest BCUT2D eigenvalue weighted by Crippen LogP contribution is -2.20. The highest BCUT2D eigenvalue weighted by Crippen LogP contribution is 2.32. The Hall–Kier alpha value is -1.27. The van der Waals surface area contributed by atoms with Crippen LogP contribution < -0.4 is 11.1 Å². The van der Waals surface area contributed by atoms with Gasteiger partial charge in [0.1, 0.15) is 0 Å². The maximum absolute atomic E-state index is 12.7. The number of hydrogen-bond acceptors (Lipinski definition) is 2. The number of anilines is 1. The Balaban J connectivity index is 0.00000400. The Morgan fingerprint density at radius 1 is 1.19 bits per heavy atom. The first kappa shape index (κ1) is 19.7. The van der Waals surface area contributed by atoms with Gasteiger partial charge in [-0.1, -0.05) is 20.8 Å². The van der Waals surface area contributed by atoms with Gasteiger partial charge in [-0.05, 0) is 29.2 Å². The van der Waals surface area contributed by atoms with E-state index in [0.29, 0.717) is 5.56 Å². The second-order valence-corrected chi connectivity index (χ2v) is 5.91. The molecule has 0 unspecified atom stereocenters. The van der Waals surface area contributed by atoms with Gasteiger partial charge in [0.25, 0.3) is 0 Å². The van der Waals surface area contributed by atoms with Crippen molar-refractivity contribution in [2.24, 2.45) is 11.1 Å². The summed E-state index contributed by atoms with van der Waals surface area (Å²) in [6.07, 6.45) is -4.24. The van der Waals surface area contributed by atoms with Crippen molar-refractivity contribution in [2.75, 3.05) is 5.32 Å². The summed E-state index contributed by atoms with van der Waals surface area (Å²) in [6.45, 7) is 5.62. The number of hydrogen-bond donors (Lipinski definition) is 2. The third-order valence-corrected chi connectivity index (χ3v) is 2.53. The number of nitrogens with one attached hydrogen (secondary N) is 1. The number of rotatable bonds is 3. The molecule has 1 aromatic rings. The van der Waals surface area contributed by atoms with E-state index in [1.54, 1.807) is 0 Å². The molecular weight excluding hydrogens is 305 g/mol. The molecule has 0 atom stereocenters. The Morgan fingerprint density at radius 3 is 2.19 bits per heavy atom. The van der Waals surface area contributed by atoms with Crippen molar-refractivity contribution in [1.82, 2.24) is 0 Å². The summed E-state index contributed by atoms with van der Waals surface area (Å²) in [5.74, 6) is -0.320. The predicted octanol–water partition coefficient (Wildman–Crippen LogP) is 3.96. The minimum atomic E-state index is -4.46. The van der Waals surface area contributed by atoms with Gasteiger partial charge in [0.05, 0.1) is 5.56 Å². The van der Waals surface area contributed by atoms with Crippen LogP contribution in [-0.4, -0.2) is 5.91 Å². The van der Waals surface area contributed by atoms with Crippen molar-refractivity contribution in [3.05, 3.63) is 29.3 Å². The average molecular weight is 325 g/mol. The number of halogens is 4. The summed E-state index contributed by atoms with van der Waals surface area (Å²) in [6, 6.07) is 3.36. The van der Waals surface area contributed by atoms with E-state index in [2.05, 4.69) is 5.32 Å². The first-order chi connectivity index (χ1) is 9.01. The summed E-state index contributed by atoms with van der Waals surface area (Å²) < 4.78 is 38.2. The van der Waals surface area contributed by atoms with Crippen LogP contribution in [0.3, 0.4) is 0 Å². The zero-order valence-corrected chi connectivity index (χ0v) is 13.0. The van der Waals surface area contributed by atoms with Gasteiger partial charge in [-0.2, -0.15) is 13.2 Å². The highest BCUT2D eigenvalue weighted by molar-refractivity contribution is 5.91. The molecule has 0 fully saturated rings. The van der Waals surface area contributed by atoms with E-state index >= 15 is 0 Å². The van der Waals surface area contributed by atoms with E-state index in [1.165, 1.54) is 6.07 Å². The fourth-order valence-electron chi connectivity index (χ4n) is 1.73. The summed E-state index contributed by atoms with van der Waals surface area (Å²) >= 11 is 0. The maximum Gasteiger partial charge on any atom is 0.416 e. The molecule has 0 bridgehead atoms. The van der Waals surface area contributed by atoms with Crippen LogP contribution in [-0.2, 0) is 17.5 Å². The zero-order chi connectivity index (χ0) is 15.6. The van der Waals surface area contributed by atoms with Crippen LogP contribution in [0.15, 0.2) is 18.2 Å². The summed E-state index contributed by atoms with van der Waals surface area (Å²) in [4.78, 5) is 11.8. The van der Waals surface area contributed by atoms with Crippen LogP contribution in [0.5, 0.6) is 0 Å². The molecule has 3 N–H and O–H groups in total. The van der Waals surface area contributed by atoms with Crippen molar-refractivity contribution < 1.29 is 18.0 Å². The smallest absolute Gasteiger partial charge is 0.326 e. The standard InChI is InChI=1S/C14H19F3N2O.ClH/c1-13(2,3)7-12(20)19-11-5-9(8-18)4-10(6-11)14(15,16)17;/h4-6H,7-8,18H2,1-3H3,(H,19,20);1H. The zero-order valence-electron chi connectivity index (χ0n) is 12.2. The van der Waals surface area contributed by atoms with E-state index in [4.69, 9.17) is 5.73 Å². The van der Waals surface area contributed by atoms with E-state index in [9.17, 15) is 18.0 Å². The van der Waals surface area contributed by atoms with Gasteiger partial charge in [0.15, 0.2) is 0 Å². The second kappa shape index (κ2) is 7.13. The van der Waals surface area contributed by atoms with Gasteiger partial charge in [-0.3, -0.25) is 4.79 Å². The average Bonchev–Trinajstić information content (AvgIpc) is 2.24. The number of carbonyl (C=O) groups excluding carboxylic acids is 1. The van der Waals surface area contributed by atoms with Crippen LogP contribution in [0.25, 0.3) is 0 Å². The van der Waals surface area contributed by atoms with E-state index in [1.807, 2.05) is 20.8 Å².